The zero-order valence-corrected chi connectivity index (χ0v) is 14.2. The van der Waals surface area contributed by atoms with Gasteiger partial charge in [-0.1, -0.05) is 22.0 Å². The van der Waals surface area contributed by atoms with Crippen molar-refractivity contribution in [3.05, 3.63) is 52.1 Å². The highest BCUT2D eigenvalue weighted by atomic mass is 79.9. The first-order valence-electron chi connectivity index (χ1n) is 7.28. The number of nitrogens with one attached hydrogen (secondary N) is 2. The van der Waals surface area contributed by atoms with Gasteiger partial charge in [0.2, 0.25) is 0 Å². The number of benzene rings is 1. The number of methoxy groups -OCH3 is 1. The van der Waals surface area contributed by atoms with Gasteiger partial charge in [-0.15, -0.1) is 0 Å². The lowest BCUT2D eigenvalue weighted by Gasteiger charge is -2.13. The Kier molecular flexibility index (Phi) is 4.43. The van der Waals surface area contributed by atoms with Crippen LogP contribution in [-0.4, -0.2) is 23.8 Å². The number of hydrogen-bond acceptors (Lipinski definition) is 5. The lowest BCUT2D eigenvalue weighted by molar-refractivity contribution is -0.132. The fraction of sp³-hybridized carbons (Fsp3) is 0.235. The Hall–Kier alpha value is -2.21. The Morgan fingerprint density at radius 3 is 2.83 bits per heavy atom. The standard InChI is InChI=1S/C17H16BrN3O2/c1-23-17(22)15(19)14-7-11(10-5-6-10)9-20-16(14)21-13-4-2-3-12(18)8-13/h2-4,7-10,19H,5-6H2,1H3,(H,20,21). The second kappa shape index (κ2) is 6.50. The van der Waals surface area contributed by atoms with Crippen molar-refractivity contribution in [2.24, 2.45) is 0 Å². The van der Waals surface area contributed by atoms with Gasteiger partial charge >= 0.3 is 5.97 Å². The molecule has 1 fully saturated rings. The molecule has 6 heteroatoms. The third kappa shape index (κ3) is 3.59. The van der Waals surface area contributed by atoms with Crippen LogP contribution in [0.25, 0.3) is 0 Å². The normalized spacial score (nSPS) is 13.5. The smallest absolute Gasteiger partial charge is 0.356 e. The Morgan fingerprint density at radius 2 is 2.17 bits per heavy atom. The fourth-order valence-electron chi connectivity index (χ4n) is 2.33. The van der Waals surface area contributed by atoms with Crippen LogP contribution in [0, 0.1) is 5.41 Å². The average molecular weight is 374 g/mol. The minimum atomic E-state index is -0.669. The second-order valence-electron chi connectivity index (χ2n) is 5.44. The Balaban J connectivity index is 1.97. The van der Waals surface area contributed by atoms with Crippen LogP contribution in [0.3, 0.4) is 0 Å². The molecule has 1 aliphatic carbocycles. The van der Waals surface area contributed by atoms with Gasteiger partial charge in [0.1, 0.15) is 5.82 Å². The van der Waals surface area contributed by atoms with E-state index in [1.54, 1.807) is 0 Å². The maximum absolute atomic E-state index is 11.8. The predicted molar refractivity (Wildman–Crippen MR) is 92.5 cm³/mol. The van der Waals surface area contributed by atoms with Crippen molar-refractivity contribution in [1.29, 1.82) is 5.41 Å². The van der Waals surface area contributed by atoms with Crippen LogP contribution >= 0.6 is 15.9 Å². The van der Waals surface area contributed by atoms with E-state index < -0.39 is 5.97 Å². The van der Waals surface area contributed by atoms with E-state index in [0.29, 0.717) is 17.3 Å². The average Bonchev–Trinajstić information content (AvgIpc) is 3.39. The van der Waals surface area contributed by atoms with Crippen LogP contribution in [0.4, 0.5) is 11.5 Å². The number of carbonyl (C=O) groups excluding carboxylic acids is 1. The molecule has 0 radical (unpaired) electrons. The van der Waals surface area contributed by atoms with Gasteiger partial charge in [0.25, 0.3) is 0 Å². The molecular formula is C17H16BrN3O2. The molecule has 5 nitrogen and oxygen atoms in total. The number of esters is 1. The summed E-state index contributed by atoms with van der Waals surface area (Å²) in [7, 11) is 1.27. The molecule has 0 spiro atoms. The van der Waals surface area contributed by atoms with Crippen molar-refractivity contribution in [3.8, 4) is 0 Å². The molecule has 2 aromatic rings. The second-order valence-corrected chi connectivity index (χ2v) is 6.36. The van der Waals surface area contributed by atoms with Gasteiger partial charge in [0, 0.05) is 21.9 Å². The molecule has 1 aromatic carbocycles. The van der Waals surface area contributed by atoms with Crippen molar-refractivity contribution >= 4 is 39.1 Å². The minimum Gasteiger partial charge on any atom is -0.464 e. The maximum Gasteiger partial charge on any atom is 0.356 e. The topological polar surface area (TPSA) is 75.1 Å². The van der Waals surface area contributed by atoms with E-state index in [2.05, 4.69) is 31.0 Å². The summed E-state index contributed by atoms with van der Waals surface area (Å²) in [6.07, 6.45) is 4.07. The zero-order chi connectivity index (χ0) is 16.4. The molecule has 0 saturated heterocycles. The highest BCUT2D eigenvalue weighted by Crippen LogP contribution is 2.40. The maximum atomic E-state index is 11.8. The van der Waals surface area contributed by atoms with E-state index in [1.807, 2.05) is 36.5 Å². The van der Waals surface area contributed by atoms with E-state index in [1.165, 1.54) is 7.11 Å². The van der Waals surface area contributed by atoms with E-state index in [4.69, 9.17) is 5.41 Å². The molecule has 118 valence electrons. The van der Waals surface area contributed by atoms with Gasteiger partial charge in [-0.25, -0.2) is 9.78 Å². The Labute approximate surface area is 142 Å². The third-order valence-electron chi connectivity index (χ3n) is 3.70. The SMILES string of the molecule is COC(=O)C(=N)c1cc(C2CC2)cnc1Nc1cccc(Br)c1. The zero-order valence-electron chi connectivity index (χ0n) is 12.6. The van der Waals surface area contributed by atoms with Crippen molar-refractivity contribution in [3.63, 3.8) is 0 Å². The molecule has 1 aliphatic rings. The highest BCUT2D eigenvalue weighted by molar-refractivity contribution is 9.10. The Bertz CT molecular complexity index is 772. The molecule has 0 atom stereocenters. The monoisotopic (exact) mass is 373 g/mol. The molecule has 0 aliphatic heterocycles. The number of ether oxygens (including phenoxy) is 1. The van der Waals surface area contributed by atoms with Crippen molar-refractivity contribution in [2.75, 3.05) is 12.4 Å². The van der Waals surface area contributed by atoms with Crippen LogP contribution in [0.15, 0.2) is 41.0 Å². The van der Waals surface area contributed by atoms with E-state index in [-0.39, 0.29) is 5.71 Å². The third-order valence-corrected chi connectivity index (χ3v) is 4.20. The summed E-state index contributed by atoms with van der Waals surface area (Å²) in [6.45, 7) is 0. The van der Waals surface area contributed by atoms with Gasteiger partial charge < -0.3 is 10.1 Å². The first kappa shape index (κ1) is 15.7. The number of halogens is 1. The number of aromatic nitrogens is 1. The molecular weight excluding hydrogens is 358 g/mol. The number of anilines is 2. The number of carbonyl (C=O) groups is 1. The van der Waals surface area contributed by atoms with Crippen molar-refractivity contribution in [2.45, 2.75) is 18.8 Å². The summed E-state index contributed by atoms with van der Waals surface area (Å²) in [5.41, 5.74) is 2.15. The first-order valence-corrected chi connectivity index (χ1v) is 8.07. The van der Waals surface area contributed by atoms with Gasteiger partial charge in [-0.05, 0) is 48.6 Å². The number of pyridine rings is 1. The van der Waals surface area contributed by atoms with Gasteiger partial charge in [-0.3, -0.25) is 5.41 Å². The molecule has 1 saturated carbocycles. The van der Waals surface area contributed by atoms with Crippen LogP contribution in [0.1, 0.15) is 29.9 Å². The minimum absolute atomic E-state index is 0.194. The quantitative estimate of drug-likeness (QED) is 0.613. The summed E-state index contributed by atoms with van der Waals surface area (Å²) < 4.78 is 5.61. The molecule has 23 heavy (non-hydrogen) atoms. The van der Waals surface area contributed by atoms with E-state index >= 15 is 0 Å². The lowest BCUT2D eigenvalue weighted by Crippen LogP contribution is -2.18. The summed E-state index contributed by atoms with van der Waals surface area (Å²) in [5.74, 6) is 0.298. The molecule has 1 aromatic heterocycles. The van der Waals surface area contributed by atoms with Crippen molar-refractivity contribution < 1.29 is 9.53 Å². The van der Waals surface area contributed by atoms with Gasteiger partial charge in [0.05, 0.1) is 7.11 Å². The molecule has 2 N–H and O–H groups in total. The van der Waals surface area contributed by atoms with Crippen LogP contribution in [-0.2, 0) is 9.53 Å². The van der Waals surface area contributed by atoms with Crippen LogP contribution < -0.4 is 5.32 Å². The lowest BCUT2D eigenvalue weighted by atomic mass is 10.1. The van der Waals surface area contributed by atoms with E-state index in [9.17, 15) is 4.79 Å². The predicted octanol–water partition coefficient (Wildman–Crippen LogP) is 4.01. The summed E-state index contributed by atoms with van der Waals surface area (Å²) in [4.78, 5) is 16.2. The summed E-state index contributed by atoms with van der Waals surface area (Å²) in [6, 6.07) is 9.49. The number of nitrogens with zero attached hydrogens (tertiary/aromatic N) is 1. The van der Waals surface area contributed by atoms with Gasteiger partial charge in [0.15, 0.2) is 5.71 Å². The van der Waals surface area contributed by atoms with Gasteiger partial charge in [-0.2, -0.15) is 0 Å². The summed E-state index contributed by atoms with van der Waals surface area (Å²) in [5, 5.41) is 11.2. The number of hydrogen-bond donors (Lipinski definition) is 2. The fourth-order valence-corrected chi connectivity index (χ4v) is 2.73. The Morgan fingerprint density at radius 1 is 1.39 bits per heavy atom. The van der Waals surface area contributed by atoms with E-state index in [0.717, 1.165) is 28.6 Å². The first-order chi connectivity index (χ1) is 11.1. The molecule has 3 rings (SSSR count). The molecule has 0 bridgehead atoms. The summed E-state index contributed by atoms with van der Waals surface area (Å²) >= 11 is 3.42. The largest absolute Gasteiger partial charge is 0.464 e. The highest BCUT2D eigenvalue weighted by Gasteiger charge is 2.26. The van der Waals surface area contributed by atoms with Crippen molar-refractivity contribution in [1.82, 2.24) is 4.98 Å². The molecule has 0 unspecified atom stereocenters. The molecule has 1 heterocycles. The molecule has 0 amide bonds. The number of rotatable bonds is 5. The van der Waals surface area contributed by atoms with Crippen LogP contribution in [0.5, 0.6) is 0 Å². The van der Waals surface area contributed by atoms with Crippen LogP contribution in [0.2, 0.25) is 0 Å².